The van der Waals surface area contributed by atoms with E-state index in [9.17, 15) is 0 Å². The van der Waals surface area contributed by atoms with Crippen LogP contribution in [0.25, 0.3) is 44.9 Å². The number of aromatic nitrogens is 1. The van der Waals surface area contributed by atoms with E-state index in [0.29, 0.717) is 0 Å². The molecule has 0 bridgehead atoms. The summed E-state index contributed by atoms with van der Waals surface area (Å²) in [6.45, 7) is 20.4. The van der Waals surface area contributed by atoms with Crippen LogP contribution in [0.15, 0.2) is 141 Å². The molecule has 44 heavy (non-hydrogen) atoms. The Balaban J connectivity index is 0.00000216. The van der Waals surface area contributed by atoms with E-state index in [0.717, 1.165) is 45.8 Å². The van der Waals surface area contributed by atoms with Crippen molar-refractivity contribution in [2.24, 2.45) is 0 Å². The highest BCUT2D eigenvalue weighted by Gasteiger charge is 2.25. The van der Waals surface area contributed by atoms with Gasteiger partial charge in [-0.25, -0.2) is 0 Å². The van der Waals surface area contributed by atoms with Crippen molar-refractivity contribution in [3.05, 3.63) is 163 Å². The Morgan fingerprint density at radius 3 is 2.39 bits per heavy atom. The van der Waals surface area contributed by atoms with E-state index < -0.39 is 0 Å². The summed E-state index contributed by atoms with van der Waals surface area (Å²) in [4.78, 5) is 0. The summed E-state index contributed by atoms with van der Waals surface area (Å²) in [5, 5.41) is 4.66. The van der Waals surface area contributed by atoms with Gasteiger partial charge in [0.15, 0.2) is 0 Å². The van der Waals surface area contributed by atoms with Crippen LogP contribution in [0.3, 0.4) is 0 Å². The number of anilines is 1. The number of para-hydroxylation sites is 1. The molecule has 222 valence electrons. The third kappa shape index (κ3) is 6.16. The Morgan fingerprint density at radius 1 is 0.886 bits per heavy atom. The van der Waals surface area contributed by atoms with Gasteiger partial charge in [-0.05, 0) is 78.4 Å². The van der Waals surface area contributed by atoms with Gasteiger partial charge in [0.2, 0.25) is 0 Å². The Morgan fingerprint density at radius 2 is 1.68 bits per heavy atom. The molecular formula is C42H44N2. The fourth-order valence-electron chi connectivity index (χ4n) is 5.95. The molecule has 1 aliphatic carbocycles. The maximum Gasteiger partial charge on any atom is 0.0547 e. The van der Waals surface area contributed by atoms with Gasteiger partial charge in [0, 0.05) is 34.9 Å². The minimum atomic E-state index is 0.747. The van der Waals surface area contributed by atoms with Crippen molar-refractivity contribution in [3.8, 4) is 16.8 Å². The quantitative estimate of drug-likeness (QED) is 0.206. The van der Waals surface area contributed by atoms with Crippen LogP contribution >= 0.6 is 0 Å². The Bertz CT molecular complexity index is 1850. The number of nitrogens with one attached hydrogen (secondary N) is 1. The van der Waals surface area contributed by atoms with Crippen molar-refractivity contribution in [3.63, 3.8) is 0 Å². The zero-order chi connectivity index (χ0) is 31.6. The maximum atomic E-state index is 4.47. The molecule has 0 aliphatic heterocycles. The van der Waals surface area contributed by atoms with Gasteiger partial charge in [-0.15, -0.1) is 0 Å². The molecule has 2 nitrogen and oxygen atoms in total. The second kappa shape index (κ2) is 14.9. The zero-order valence-electron chi connectivity index (χ0n) is 26.8. The van der Waals surface area contributed by atoms with Crippen LogP contribution in [0.1, 0.15) is 50.1 Å². The van der Waals surface area contributed by atoms with Gasteiger partial charge in [0.1, 0.15) is 0 Å². The van der Waals surface area contributed by atoms with E-state index in [2.05, 4.69) is 147 Å². The molecule has 0 radical (unpaired) electrons. The first-order chi connectivity index (χ1) is 21.6. The van der Waals surface area contributed by atoms with Crippen LogP contribution in [0.2, 0.25) is 0 Å². The zero-order valence-corrected chi connectivity index (χ0v) is 26.8. The van der Waals surface area contributed by atoms with Crippen molar-refractivity contribution in [1.82, 2.24) is 4.57 Å². The van der Waals surface area contributed by atoms with Crippen LogP contribution in [-0.4, -0.2) is 11.6 Å². The summed E-state index contributed by atoms with van der Waals surface area (Å²) in [5.41, 5.74) is 13.9. The Labute approximate surface area is 264 Å². The molecule has 3 aromatic carbocycles. The number of nitrogens with zero attached hydrogens (tertiary/aromatic N) is 1. The molecule has 2 heteroatoms. The largest absolute Gasteiger partial charge is 0.388 e. The second-order valence-corrected chi connectivity index (χ2v) is 10.3. The second-order valence-electron chi connectivity index (χ2n) is 10.3. The first-order valence-corrected chi connectivity index (χ1v) is 15.4. The van der Waals surface area contributed by atoms with Gasteiger partial charge < -0.3 is 9.88 Å². The fraction of sp³-hybridized carbons (Fsp3) is 0.143. The molecule has 1 N–H and O–H groups in total. The van der Waals surface area contributed by atoms with Crippen molar-refractivity contribution < 1.29 is 0 Å². The highest BCUT2D eigenvalue weighted by atomic mass is 15.0. The van der Waals surface area contributed by atoms with Crippen LogP contribution in [0.5, 0.6) is 0 Å². The highest BCUT2D eigenvalue weighted by molar-refractivity contribution is 6.04. The lowest BCUT2D eigenvalue weighted by atomic mass is 9.84. The van der Waals surface area contributed by atoms with Gasteiger partial charge in [-0.3, -0.25) is 0 Å². The van der Waals surface area contributed by atoms with E-state index >= 15 is 0 Å². The third-order valence-electron chi connectivity index (χ3n) is 7.74. The molecule has 1 heterocycles. The lowest BCUT2D eigenvalue weighted by molar-refractivity contribution is 1.10. The summed E-state index contributed by atoms with van der Waals surface area (Å²) in [7, 11) is 1.98. The summed E-state index contributed by atoms with van der Waals surface area (Å²) in [6, 6.07) is 21.9. The molecular weight excluding hydrogens is 532 g/mol. The van der Waals surface area contributed by atoms with E-state index in [1.54, 1.807) is 0 Å². The van der Waals surface area contributed by atoms with Crippen molar-refractivity contribution in [2.45, 2.75) is 34.1 Å². The minimum Gasteiger partial charge on any atom is -0.388 e. The number of fused-ring (bicyclic) bond motifs is 5. The van der Waals surface area contributed by atoms with Crippen molar-refractivity contribution >= 4 is 33.8 Å². The SMILES string of the molecule is C=C/C=C\C(=C/C)c1cccc(-n2c3c(c4ccccc42)-c2ccc(NC)c(C(/C=C\C)=C/C=C)c2CC(=C)/C=C\3)c1.CC. The first kappa shape index (κ1) is 31.8. The lowest BCUT2D eigenvalue weighted by Crippen LogP contribution is -2.05. The highest BCUT2D eigenvalue weighted by Crippen LogP contribution is 2.45. The van der Waals surface area contributed by atoms with Crippen LogP contribution in [-0.2, 0) is 6.42 Å². The van der Waals surface area contributed by atoms with Crippen LogP contribution in [0, 0.1) is 0 Å². The molecule has 5 rings (SSSR count). The predicted octanol–water partition coefficient (Wildman–Crippen LogP) is 11.8. The van der Waals surface area contributed by atoms with E-state index in [1.165, 1.54) is 33.2 Å². The molecule has 0 fully saturated rings. The van der Waals surface area contributed by atoms with E-state index in [4.69, 9.17) is 0 Å². The van der Waals surface area contributed by atoms with Gasteiger partial charge in [-0.2, -0.15) is 0 Å². The van der Waals surface area contributed by atoms with Crippen LogP contribution in [0.4, 0.5) is 5.69 Å². The number of hydrogen-bond acceptors (Lipinski definition) is 1. The van der Waals surface area contributed by atoms with E-state index in [-0.39, 0.29) is 0 Å². The average Bonchev–Trinajstić information content (AvgIpc) is 3.37. The van der Waals surface area contributed by atoms with Gasteiger partial charge in [-0.1, -0.05) is 130 Å². The predicted molar refractivity (Wildman–Crippen MR) is 197 cm³/mol. The lowest BCUT2D eigenvalue weighted by Gasteiger charge is -2.22. The molecule has 0 saturated heterocycles. The Kier molecular flexibility index (Phi) is 10.8. The number of rotatable bonds is 8. The summed E-state index contributed by atoms with van der Waals surface area (Å²) in [5.74, 6) is 0. The smallest absolute Gasteiger partial charge is 0.0547 e. The molecule has 0 amide bonds. The molecule has 4 aromatic rings. The monoisotopic (exact) mass is 576 g/mol. The third-order valence-corrected chi connectivity index (χ3v) is 7.74. The van der Waals surface area contributed by atoms with E-state index in [1.807, 2.05) is 39.1 Å². The van der Waals surface area contributed by atoms with Crippen LogP contribution < -0.4 is 5.32 Å². The summed E-state index contributed by atoms with van der Waals surface area (Å²) < 4.78 is 2.38. The van der Waals surface area contributed by atoms with Crippen molar-refractivity contribution in [1.29, 1.82) is 0 Å². The molecule has 0 unspecified atom stereocenters. The maximum absolute atomic E-state index is 4.47. The van der Waals surface area contributed by atoms with Gasteiger partial charge in [0.25, 0.3) is 0 Å². The standard InChI is InChI=1S/C40H38N2.C2H6/c1-7-11-17-29(10-4)31-18-14-19-32(27-31)42-37-21-13-12-20-34(37)40-33-23-24-36(41-6)39(30(15-8-2)16-9-3)35(33)26-28(5)22-25-38(40)42;1-2/h7-25,27,41H,1-2,5,26H2,3-4,6H3;1-2H3/b16-9-,17-11-,25-22-,29-10+,30-15+;. The summed E-state index contributed by atoms with van der Waals surface area (Å²) >= 11 is 0. The number of allylic oxidation sites excluding steroid dienone is 12. The molecule has 1 aliphatic rings. The molecule has 0 atom stereocenters. The Hall–Kier alpha value is -5.08. The average molecular weight is 577 g/mol. The first-order valence-electron chi connectivity index (χ1n) is 15.4. The summed E-state index contributed by atoms with van der Waals surface area (Å²) in [6.07, 6.45) is 21.4. The van der Waals surface area contributed by atoms with Gasteiger partial charge in [0.05, 0.1) is 11.2 Å². The minimum absolute atomic E-state index is 0.747. The number of benzene rings is 3. The number of hydrogen-bond donors (Lipinski definition) is 1. The van der Waals surface area contributed by atoms with Gasteiger partial charge >= 0.3 is 0 Å². The molecule has 0 spiro atoms. The normalized spacial score (nSPS) is 14.0. The molecule has 0 saturated carbocycles. The fourth-order valence-corrected chi connectivity index (χ4v) is 5.95. The molecule has 1 aromatic heterocycles. The topological polar surface area (TPSA) is 17.0 Å². The van der Waals surface area contributed by atoms with Crippen molar-refractivity contribution in [2.75, 3.05) is 12.4 Å².